The monoisotopic (exact) mass is 177 g/mol. The lowest BCUT2D eigenvalue weighted by molar-refractivity contribution is 0.412. The molecular weight excluding hydrogens is 170 g/mol. The van der Waals surface area contributed by atoms with Crippen molar-refractivity contribution in [1.82, 2.24) is 4.72 Å². The molecule has 1 rings (SSSR count). The van der Waals surface area contributed by atoms with Crippen molar-refractivity contribution in [3.05, 3.63) is 0 Å². The maximum atomic E-state index is 10.7. The molecule has 1 N–H and O–H groups in total. The summed E-state index contributed by atoms with van der Waals surface area (Å²) in [5, 5.41) is 0. The van der Waals surface area contributed by atoms with Crippen LogP contribution in [-0.2, 0) is 14.9 Å². The van der Waals surface area contributed by atoms with Crippen LogP contribution in [0.5, 0.6) is 0 Å². The Kier molecular flexibility index (Phi) is 1.81. The fourth-order valence-corrected chi connectivity index (χ4v) is 1.46. The van der Waals surface area contributed by atoms with Crippen LogP contribution in [0.2, 0.25) is 0 Å². The molecule has 0 unspecified atom stereocenters. The summed E-state index contributed by atoms with van der Waals surface area (Å²) in [5.41, 5.74) is 0. The Labute approximate surface area is 64.2 Å². The van der Waals surface area contributed by atoms with Gasteiger partial charge in [-0.3, -0.25) is 4.99 Å². The van der Waals surface area contributed by atoms with E-state index in [-0.39, 0.29) is 11.7 Å². The first-order valence-electron chi connectivity index (χ1n) is 2.73. The van der Waals surface area contributed by atoms with Crippen LogP contribution in [0.4, 0.5) is 0 Å². The number of nitrogens with one attached hydrogen (secondary N) is 1. The Balaban J connectivity index is 3.08. The SMILES string of the molecule is CN=C1NS(=O)(=O)N=C1OC. The molecule has 62 valence electrons. The largest absolute Gasteiger partial charge is 0.478 e. The number of rotatable bonds is 0. The first-order valence-corrected chi connectivity index (χ1v) is 4.17. The third kappa shape index (κ3) is 1.48. The molecule has 0 spiro atoms. The highest BCUT2D eigenvalue weighted by Gasteiger charge is 2.26. The zero-order valence-electron chi connectivity index (χ0n) is 6.03. The van der Waals surface area contributed by atoms with Crippen LogP contribution in [0.1, 0.15) is 0 Å². The first kappa shape index (κ1) is 7.99. The molecule has 1 heterocycles. The number of ether oxygens (including phenoxy) is 1. The topological polar surface area (TPSA) is 80.1 Å². The average Bonchev–Trinajstić information content (AvgIpc) is 2.25. The number of aliphatic imine (C=N–C) groups is 1. The lowest BCUT2D eigenvalue weighted by Crippen LogP contribution is -2.27. The molecule has 0 aliphatic carbocycles. The Morgan fingerprint density at radius 2 is 2.27 bits per heavy atom. The summed E-state index contributed by atoms with van der Waals surface area (Å²) in [6.45, 7) is 0. The quantitative estimate of drug-likeness (QED) is 0.510. The van der Waals surface area contributed by atoms with E-state index in [0.29, 0.717) is 0 Å². The van der Waals surface area contributed by atoms with Crippen LogP contribution in [0.25, 0.3) is 0 Å². The summed E-state index contributed by atoms with van der Waals surface area (Å²) in [4.78, 5) is 3.61. The van der Waals surface area contributed by atoms with E-state index in [1.165, 1.54) is 14.2 Å². The predicted octanol–water partition coefficient (Wildman–Crippen LogP) is -1.09. The van der Waals surface area contributed by atoms with Gasteiger partial charge in [0, 0.05) is 7.05 Å². The summed E-state index contributed by atoms with van der Waals surface area (Å²) in [6, 6.07) is 0. The van der Waals surface area contributed by atoms with E-state index >= 15 is 0 Å². The normalized spacial score (nSPS) is 24.5. The lowest BCUT2D eigenvalue weighted by atomic mass is 10.6. The zero-order valence-corrected chi connectivity index (χ0v) is 6.84. The summed E-state index contributed by atoms with van der Waals surface area (Å²) >= 11 is 0. The molecule has 0 aromatic rings. The molecule has 0 amide bonds. The van der Waals surface area contributed by atoms with E-state index < -0.39 is 10.2 Å². The summed E-state index contributed by atoms with van der Waals surface area (Å²) in [7, 11) is -0.819. The molecule has 6 nitrogen and oxygen atoms in total. The highest BCUT2D eigenvalue weighted by Crippen LogP contribution is 2.00. The zero-order chi connectivity index (χ0) is 8.48. The molecule has 7 heteroatoms. The van der Waals surface area contributed by atoms with Gasteiger partial charge in [-0.2, -0.15) is 8.42 Å². The molecule has 0 saturated heterocycles. The minimum absolute atomic E-state index is 0.00694. The highest BCUT2D eigenvalue weighted by molar-refractivity contribution is 7.89. The van der Waals surface area contributed by atoms with Crippen molar-refractivity contribution in [2.75, 3.05) is 14.2 Å². The number of nitrogens with zero attached hydrogens (tertiary/aromatic N) is 2. The molecule has 0 atom stereocenters. The van der Waals surface area contributed by atoms with Crippen molar-refractivity contribution < 1.29 is 13.2 Å². The number of hydrogen-bond donors (Lipinski definition) is 1. The van der Waals surface area contributed by atoms with Crippen LogP contribution in [0, 0.1) is 0 Å². The van der Waals surface area contributed by atoms with Gasteiger partial charge < -0.3 is 4.74 Å². The van der Waals surface area contributed by atoms with Gasteiger partial charge in [0.05, 0.1) is 7.11 Å². The third-order valence-corrected chi connectivity index (χ3v) is 1.91. The van der Waals surface area contributed by atoms with E-state index in [2.05, 4.69) is 18.8 Å². The van der Waals surface area contributed by atoms with Crippen LogP contribution in [0.15, 0.2) is 9.39 Å². The van der Waals surface area contributed by atoms with Gasteiger partial charge in [-0.15, -0.1) is 4.40 Å². The molecule has 0 saturated carbocycles. The van der Waals surface area contributed by atoms with Crippen molar-refractivity contribution >= 4 is 21.9 Å². The highest BCUT2D eigenvalue weighted by atomic mass is 32.2. The van der Waals surface area contributed by atoms with Crippen molar-refractivity contribution in [3.63, 3.8) is 0 Å². The molecular formula is C4H7N3O3S. The molecule has 0 aromatic carbocycles. The van der Waals surface area contributed by atoms with Crippen molar-refractivity contribution in [3.8, 4) is 0 Å². The fourth-order valence-electron chi connectivity index (χ4n) is 0.616. The lowest BCUT2D eigenvalue weighted by Gasteiger charge is -1.95. The second kappa shape index (κ2) is 2.50. The summed E-state index contributed by atoms with van der Waals surface area (Å²) < 4.78 is 31.3. The minimum Gasteiger partial charge on any atom is -0.478 e. The van der Waals surface area contributed by atoms with Crippen LogP contribution < -0.4 is 4.72 Å². The number of hydrogen-bond acceptors (Lipinski definition) is 4. The number of amidine groups is 1. The molecule has 11 heavy (non-hydrogen) atoms. The molecule has 0 aromatic heterocycles. The van der Waals surface area contributed by atoms with Crippen molar-refractivity contribution in [2.24, 2.45) is 9.39 Å². The van der Waals surface area contributed by atoms with Gasteiger partial charge in [-0.25, -0.2) is 4.72 Å². The molecule has 0 radical (unpaired) electrons. The smallest absolute Gasteiger partial charge is 0.347 e. The summed E-state index contributed by atoms with van der Waals surface area (Å²) in [6.07, 6.45) is 0. The Morgan fingerprint density at radius 3 is 2.64 bits per heavy atom. The molecule has 0 fully saturated rings. The Hall–Kier alpha value is -1.11. The average molecular weight is 177 g/mol. The van der Waals surface area contributed by atoms with E-state index in [9.17, 15) is 8.42 Å². The van der Waals surface area contributed by atoms with E-state index in [4.69, 9.17) is 0 Å². The minimum atomic E-state index is -3.59. The standard InChI is InChI=1S/C4H7N3O3S/c1-5-3-4(10-2)7-11(8,9)6-3/h1-2H3,(H,5,6). The maximum absolute atomic E-state index is 10.7. The Morgan fingerprint density at radius 1 is 1.64 bits per heavy atom. The van der Waals surface area contributed by atoms with Crippen LogP contribution in [0.3, 0.4) is 0 Å². The van der Waals surface area contributed by atoms with Gasteiger partial charge in [-0.1, -0.05) is 0 Å². The van der Waals surface area contributed by atoms with E-state index in [1.54, 1.807) is 0 Å². The van der Waals surface area contributed by atoms with Crippen molar-refractivity contribution in [1.29, 1.82) is 0 Å². The van der Waals surface area contributed by atoms with E-state index in [0.717, 1.165) is 0 Å². The van der Waals surface area contributed by atoms with Crippen LogP contribution >= 0.6 is 0 Å². The molecule has 1 aliphatic rings. The summed E-state index contributed by atoms with van der Waals surface area (Å²) in [5.74, 6) is 0.125. The van der Waals surface area contributed by atoms with Gasteiger partial charge in [0.25, 0.3) is 5.90 Å². The van der Waals surface area contributed by atoms with Gasteiger partial charge in [0.2, 0.25) is 5.84 Å². The van der Waals surface area contributed by atoms with Crippen molar-refractivity contribution in [2.45, 2.75) is 0 Å². The van der Waals surface area contributed by atoms with Gasteiger partial charge in [0.1, 0.15) is 0 Å². The third-order valence-electron chi connectivity index (χ3n) is 1.05. The second-order valence-corrected chi connectivity index (χ2v) is 3.09. The molecule has 0 bridgehead atoms. The molecule has 1 aliphatic heterocycles. The Bertz CT molecular complexity index is 315. The number of methoxy groups -OCH3 is 1. The van der Waals surface area contributed by atoms with Gasteiger partial charge >= 0.3 is 10.2 Å². The fraction of sp³-hybridized carbons (Fsp3) is 0.500. The second-order valence-electron chi connectivity index (χ2n) is 1.75. The van der Waals surface area contributed by atoms with Crippen LogP contribution in [-0.4, -0.2) is 34.3 Å². The predicted molar refractivity (Wildman–Crippen MR) is 39.9 cm³/mol. The maximum Gasteiger partial charge on any atom is 0.347 e. The first-order chi connectivity index (χ1) is 5.09. The van der Waals surface area contributed by atoms with Gasteiger partial charge in [-0.05, 0) is 0 Å². The van der Waals surface area contributed by atoms with E-state index in [1.807, 2.05) is 0 Å². The van der Waals surface area contributed by atoms with Gasteiger partial charge in [0.15, 0.2) is 0 Å².